The minimum Gasteiger partial charge on any atom is -0.480 e. The van der Waals surface area contributed by atoms with Crippen molar-refractivity contribution >= 4 is 0 Å². The number of pyridine rings is 1. The lowest BCUT2D eigenvalue weighted by molar-refractivity contribution is 0.394. The summed E-state index contributed by atoms with van der Waals surface area (Å²) in [5.41, 5.74) is 0.472. The molecule has 0 radical (unpaired) electrons. The third kappa shape index (κ3) is 3.44. The first-order chi connectivity index (χ1) is 6.77. The molecule has 0 fully saturated rings. The van der Waals surface area contributed by atoms with Crippen molar-refractivity contribution in [3.05, 3.63) is 23.6 Å². The number of aromatic nitrogens is 1. The van der Waals surface area contributed by atoms with E-state index in [1.807, 2.05) is 13.8 Å². The van der Waals surface area contributed by atoms with Crippen molar-refractivity contribution < 1.29 is 9.13 Å². The van der Waals surface area contributed by atoms with Gasteiger partial charge in [0.05, 0.1) is 18.9 Å². The van der Waals surface area contributed by atoms with Crippen LogP contribution in [0.2, 0.25) is 0 Å². The highest BCUT2D eigenvalue weighted by Crippen LogP contribution is 2.13. The van der Waals surface area contributed by atoms with Crippen molar-refractivity contribution in [3.8, 4) is 17.7 Å². The highest BCUT2D eigenvalue weighted by molar-refractivity contribution is 5.41. The van der Waals surface area contributed by atoms with E-state index in [2.05, 4.69) is 16.8 Å². The summed E-state index contributed by atoms with van der Waals surface area (Å²) in [5, 5.41) is 0. The third-order valence-corrected chi connectivity index (χ3v) is 1.27. The zero-order valence-corrected chi connectivity index (χ0v) is 8.89. The monoisotopic (exact) mass is 195 g/mol. The Labute approximate surface area is 84.1 Å². The van der Waals surface area contributed by atoms with Gasteiger partial charge in [-0.15, -0.1) is 5.92 Å². The summed E-state index contributed by atoms with van der Waals surface area (Å²) in [7, 11) is 1.47. The summed E-state index contributed by atoms with van der Waals surface area (Å²) in [5.74, 6) is 5.28. The fourth-order valence-electron chi connectivity index (χ4n) is 0.814. The average molecular weight is 195 g/mol. The molecule has 1 aromatic rings. The van der Waals surface area contributed by atoms with E-state index in [0.717, 1.165) is 6.20 Å². The van der Waals surface area contributed by atoms with Gasteiger partial charge in [-0.25, -0.2) is 9.37 Å². The van der Waals surface area contributed by atoms with Crippen molar-refractivity contribution in [1.29, 1.82) is 0 Å². The molecule has 0 amide bonds. The Morgan fingerprint density at radius 1 is 1.43 bits per heavy atom. The summed E-state index contributed by atoms with van der Waals surface area (Å²) >= 11 is 0. The standard InChI is InChI=1S/C9H8FNO.C2H6/c1-3-4-7-5-8(10)6-11-9(7)12-2;1-2/h5-6H,1-2H3;1-2H3. The SMILES string of the molecule is CC.CC#Cc1cc(F)cnc1OC. The minimum absolute atomic E-state index is 0.353. The van der Waals surface area contributed by atoms with Gasteiger partial charge in [0.15, 0.2) is 0 Å². The van der Waals surface area contributed by atoms with E-state index < -0.39 is 5.82 Å². The Hall–Kier alpha value is -1.56. The number of halogens is 1. The van der Waals surface area contributed by atoms with Gasteiger partial charge in [-0.3, -0.25) is 0 Å². The van der Waals surface area contributed by atoms with E-state index in [0.29, 0.717) is 11.4 Å². The van der Waals surface area contributed by atoms with Gasteiger partial charge in [-0.1, -0.05) is 19.8 Å². The highest BCUT2D eigenvalue weighted by Gasteiger charge is 2.02. The fourth-order valence-corrected chi connectivity index (χ4v) is 0.814. The van der Waals surface area contributed by atoms with E-state index in [4.69, 9.17) is 4.74 Å². The lowest BCUT2D eigenvalue weighted by Crippen LogP contribution is -1.92. The van der Waals surface area contributed by atoms with Crippen LogP contribution in [-0.4, -0.2) is 12.1 Å². The van der Waals surface area contributed by atoms with Crippen LogP contribution >= 0.6 is 0 Å². The lowest BCUT2D eigenvalue weighted by Gasteiger charge is -2.00. The van der Waals surface area contributed by atoms with E-state index in [-0.39, 0.29) is 0 Å². The fraction of sp³-hybridized carbons (Fsp3) is 0.364. The van der Waals surface area contributed by atoms with Crippen LogP contribution in [0.15, 0.2) is 12.3 Å². The Bertz CT molecular complexity index is 339. The molecule has 76 valence electrons. The summed E-state index contributed by atoms with van der Waals surface area (Å²) < 4.78 is 17.5. The molecule has 0 unspecified atom stereocenters. The van der Waals surface area contributed by atoms with E-state index in [1.54, 1.807) is 6.92 Å². The van der Waals surface area contributed by atoms with Gasteiger partial charge in [0.1, 0.15) is 5.82 Å². The largest absolute Gasteiger partial charge is 0.480 e. The molecule has 0 N–H and O–H groups in total. The second-order valence-electron chi connectivity index (χ2n) is 2.09. The molecule has 0 saturated carbocycles. The molecule has 2 nitrogen and oxygen atoms in total. The summed E-state index contributed by atoms with van der Waals surface area (Å²) in [6.45, 7) is 5.67. The van der Waals surface area contributed by atoms with Crippen LogP contribution in [0.25, 0.3) is 0 Å². The molecule has 0 saturated heterocycles. The zero-order valence-electron chi connectivity index (χ0n) is 8.89. The average Bonchev–Trinajstić information content (AvgIpc) is 2.22. The second kappa shape index (κ2) is 6.90. The Balaban J connectivity index is 0.000000791. The molecule has 0 spiro atoms. The zero-order chi connectivity index (χ0) is 11.0. The first-order valence-electron chi connectivity index (χ1n) is 4.40. The number of rotatable bonds is 1. The van der Waals surface area contributed by atoms with E-state index >= 15 is 0 Å². The van der Waals surface area contributed by atoms with Crippen molar-refractivity contribution in [2.45, 2.75) is 20.8 Å². The lowest BCUT2D eigenvalue weighted by atomic mass is 10.3. The number of nitrogens with zero attached hydrogens (tertiary/aromatic N) is 1. The Morgan fingerprint density at radius 2 is 2.07 bits per heavy atom. The minimum atomic E-state index is -0.409. The molecule has 0 aliphatic rings. The second-order valence-corrected chi connectivity index (χ2v) is 2.09. The molecule has 0 aliphatic heterocycles. The third-order valence-electron chi connectivity index (χ3n) is 1.27. The quantitative estimate of drug-likeness (QED) is 0.643. The van der Waals surface area contributed by atoms with Gasteiger partial charge >= 0.3 is 0 Å². The van der Waals surface area contributed by atoms with Crippen molar-refractivity contribution in [1.82, 2.24) is 4.98 Å². The summed E-state index contributed by atoms with van der Waals surface area (Å²) in [6.07, 6.45) is 1.10. The molecule has 3 heteroatoms. The van der Waals surface area contributed by atoms with Crippen LogP contribution in [0.4, 0.5) is 4.39 Å². The Kier molecular flexibility index (Phi) is 6.13. The van der Waals surface area contributed by atoms with Gasteiger partial charge in [-0.05, 0) is 13.0 Å². The van der Waals surface area contributed by atoms with Crippen LogP contribution < -0.4 is 4.74 Å². The molecule has 14 heavy (non-hydrogen) atoms. The molecular formula is C11H14FNO. The van der Waals surface area contributed by atoms with Crippen molar-refractivity contribution in [2.24, 2.45) is 0 Å². The predicted molar refractivity (Wildman–Crippen MR) is 54.6 cm³/mol. The summed E-state index contributed by atoms with van der Waals surface area (Å²) in [6, 6.07) is 1.29. The normalized spacial score (nSPS) is 7.79. The maximum absolute atomic E-state index is 12.6. The van der Waals surface area contributed by atoms with Crippen molar-refractivity contribution in [2.75, 3.05) is 7.11 Å². The smallest absolute Gasteiger partial charge is 0.229 e. The molecule has 1 rings (SSSR count). The Morgan fingerprint density at radius 3 is 2.57 bits per heavy atom. The van der Waals surface area contributed by atoms with Crippen LogP contribution in [0.3, 0.4) is 0 Å². The first kappa shape index (κ1) is 12.4. The van der Waals surface area contributed by atoms with Crippen LogP contribution in [0.5, 0.6) is 5.88 Å². The molecule has 0 aromatic carbocycles. The molecule has 0 atom stereocenters. The molecule has 1 aromatic heterocycles. The molecule has 1 heterocycles. The summed E-state index contributed by atoms with van der Waals surface area (Å²) in [4.78, 5) is 3.72. The molecule has 0 bridgehead atoms. The topological polar surface area (TPSA) is 22.1 Å². The van der Waals surface area contributed by atoms with Crippen LogP contribution in [-0.2, 0) is 0 Å². The highest BCUT2D eigenvalue weighted by atomic mass is 19.1. The first-order valence-corrected chi connectivity index (χ1v) is 4.40. The molecular weight excluding hydrogens is 181 g/mol. The maximum atomic E-state index is 12.6. The van der Waals surface area contributed by atoms with Crippen LogP contribution in [0.1, 0.15) is 26.3 Å². The van der Waals surface area contributed by atoms with Gasteiger partial charge in [0.2, 0.25) is 5.88 Å². The molecule has 0 aliphatic carbocycles. The van der Waals surface area contributed by atoms with Gasteiger partial charge < -0.3 is 4.74 Å². The van der Waals surface area contributed by atoms with Gasteiger partial charge in [-0.2, -0.15) is 0 Å². The number of hydrogen-bond acceptors (Lipinski definition) is 2. The van der Waals surface area contributed by atoms with Gasteiger partial charge in [0, 0.05) is 0 Å². The predicted octanol–water partition coefficient (Wildman–Crippen LogP) is 2.63. The number of methoxy groups -OCH3 is 1. The van der Waals surface area contributed by atoms with E-state index in [1.165, 1.54) is 13.2 Å². The number of hydrogen-bond donors (Lipinski definition) is 0. The van der Waals surface area contributed by atoms with Gasteiger partial charge in [0.25, 0.3) is 0 Å². The van der Waals surface area contributed by atoms with E-state index in [9.17, 15) is 4.39 Å². The van der Waals surface area contributed by atoms with Crippen molar-refractivity contribution in [3.63, 3.8) is 0 Å². The number of ether oxygens (including phenoxy) is 1. The van der Waals surface area contributed by atoms with Crippen LogP contribution in [0, 0.1) is 17.7 Å². The maximum Gasteiger partial charge on any atom is 0.229 e.